The Bertz CT molecular complexity index is 661. The maximum atomic E-state index is 10.6. The Morgan fingerprint density at radius 3 is 2.90 bits per heavy atom. The first-order chi connectivity index (χ1) is 9.63. The highest BCUT2D eigenvalue weighted by Gasteiger charge is 2.27. The second-order valence-corrected chi connectivity index (χ2v) is 4.17. The summed E-state index contributed by atoms with van der Waals surface area (Å²) in [5.41, 5.74) is 1.39. The van der Waals surface area contributed by atoms with Crippen LogP contribution in [0.4, 0.5) is 0 Å². The lowest BCUT2D eigenvalue weighted by molar-refractivity contribution is 0.0690. The Morgan fingerprint density at radius 1 is 1.35 bits per heavy atom. The van der Waals surface area contributed by atoms with E-state index in [0.29, 0.717) is 17.8 Å². The SMILES string of the molecule is O=C(O)c1cnc(Oc2ccc3c(c2)B(O)OC3)cn1. The van der Waals surface area contributed by atoms with Gasteiger partial charge in [0.05, 0.1) is 19.0 Å². The summed E-state index contributed by atoms with van der Waals surface area (Å²) in [5.74, 6) is -0.518. The number of benzene rings is 1. The Labute approximate surface area is 114 Å². The minimum atomic E-state index is -1.15. The summed E-state index contributed by atoms with van der Waals surface area (Å²) >= 11 is 0. The summed E-state index contributed by atoms with van der Waals surface area (Å²) in [4.78, 5) is 18.2. The van der Waals surface area contributed by atoms with Crippen molar-refractivity contribution in [2.75, 3.05) is 0 Å². The molecule has 3 rings (SSSR count). The number of hydrogen-bond donors (Lipinski definition) is 2. The fourth-order valence-electron chi connectivity index (χ4n) is 1.86. The molecule has 8 heteroatoms. The van der Waals surface area contributed by atoms with Gasteiger partial charge in [0.25, 0.3) is 0 Å². The van der Waals surface area contributed by atoms with Crippen molar-refractivity contribution in [2.45, 2.75) is 6.61 Å². The standard InChI is InChI=1S/C12H9BN2O5/c16-12(17)10-4-15-11(5-14-10)20-8-2-1-7-6-19-13(18)9(7)3-8/h1-5,18H,6H2,(H,16,17). The minimum Gasteiger partial charge on any atom is -0.476 e. The molecule has 20 heavy (non-hydrogen) atoms. The second-order valence-electron chi connectivity index (χ2n) is 4.17. The molecule has 1 aliphatic heterocycles. The molecule has 2 heterocycles. The van der Waals surface area contributed by atoms with Crippen LogP contribution in [0.2, 0.25) is 0 Å². The topological polar surface area (TPSA) is 102 Å². The smallest absolute Gasteiger partial charge is 0.476 e. The normalized spacial score (nSPS) is 13.2. The molecule has 7 nitrogen and oxygen atoms in total. The molecular weight excluding hydrogens is 263 g/mol. The van der Waals surface area contributed by atoms with Gasteiger partial charge in [-0.1, -0.05) is 6.07 Å². The number of carboxylic acid groups (broad SMARTS) is 1. The van der Waals surface area contributed by atoms with E-state index in [-0.39, 0.29) is 11.6 Å². The Morgan fingerprint density at radius 2 is 2.20 bits per heavy atom. The number of carboxylic acids is 1. The van der Waals surface area contributed by atoms with Crippen LogP contribution >= 0.6 is 0 Å². The summed E-state index contributed by atoms with van der Waals surface area (Å²) in [6, 6.07) is 5.16. The lowest BCUT2D eigenvalue weighted by Gasteiger charge is -2.06. The van der Waals surface area contributed by atoms with E-state index in [1.807, 2.05) is 0 Å². The van der Waals surface area contributed by atoms with E-state index in [9.17, 15) is 9.82 Å². The van der Waals surface area contributed by atoms with Gasteiger partial charge >= 0.3 is 13.1 Å². The molecule has 0 atom stereocenters. The molecule has 0 radical (unpaired) electrons. The molecule has 0 bridgehead atoms. The second kappa shape index (κ2) is 4.91. The number of ether oxygens (including phenoxy) is 1. The molecule has 0 saturated carbocycles. The van der Waals surface area contributed by atoms with Crippen molar-refractivity contribution in [1.82, 2.24) is 9.97 Å². The van der Waals surface area contributed by atoms with Crippen LogP contribution in [0.15, 0.2) is 30.6 Å². The maximum Gasteiger partial charge on any atom is 0.491 e. The molecule has 1 aromatic carbocycles. The minimum absolute atomic E-state index is 0.157. The Kier molecular flexibility index (Phi) is 3.09. The third-order valence-electron chi connectivity index (χ3n) is 2.85. The highest BCUT2D eigenvalue weighted by atomic mass is 16.5. The molecule has 1 aliphatic rings. The van der Waals surface area contributed by atoms with Crippen molar-refractivity contribution < 1.29 is 24.3 Å². The first-order valence-corrected chi connectivity index (χ1v) is 5.79. The lowest BCUT2D eigenvalue weighted by Crippen LogP contribution is -2.27. The molecule has 0 fully saturated rings. The molecule has 100 valence electrons. The molecule has 1 aromatic heterocycles. The van der Waals surface area contributed by atoms with Crippen molar-refractivity contribution in [3.63, 3.8) is 0 Å². The molecule has 0 aliphatic carbocycles. The van der Waals surface area contributed by atoms with Crippen LogP contribution in [0.25, 0.3) is 0 Å². The number of rotatable bonds is 3. The van der Waals surface area contributed by atoms with Gasteiger partial charge < -0.3 is 19.5 Å². The van der Waals surface area contributed by atoms with E-state index in [4.69, 9.17) is 14.5 Å². The summed E-state index contributed by atoms with van der Waals surface area (Å²) in [7, 11) is -0.950. The molecule has 0 amide bonds. The van der Waals surface area contributed by atoms with Crippen molar-refractivity contribution in [2.24, 2.45) is 0 Å². The summed E-state index contributed by atoms with van der Waals surface area (Å²) in [6.07, 6.45) is 2.34. The van der Waals surface area contributed by atoms with Crippen LogP contribution in [-0.2, 0) is 11.3 Å². The highest BCUT2D eigenvalue weighted by Crippen LogP contribution is 2.20. The predicted octanol–water partition coefficient (Wildman–Crippen LogP) is 0.185. The molecule has 0 unspecified atom stereocenters. The quantitative estimate of drug-likeness (QED) is 0.768. The number of aromatic nitrogens is 2. The van der Waals surface area contributed by atoms with Crippen molar-refractivity contribution in [1.29, 1.82) is 0 Å². The number of hydrogen-bond acceptors (Lipinski definition) is 6. The first-order valence-electron chi connectivity index (χ1n) is 5.79. The van der Waals surface area contributed by atoms with E-state index in [2.05, 4.69) is 9.97 Å². The van der Waals surface area contributed by atoms with Gasteiger partial charge in [0.15, 0.2) is 5.69 Å². The van der Waals surface area contributed by atoms with E-state index < -0.39 is 13.1 Å². The highest BCUT2D eigenvalue weighted by molar-refractivity contribution is 6.61. The van der Waals surface area contributed by atoms with Crippen LogP contribution in [0.3, 0.4) is 0 Å². The van der Waals surface area contributed by atoms with Gasteiger partial charge in [-0.05, 0) is 23.2 Å². The predicted molar refractivity (Wildman–Crippen MR) is 67.9 cm³/mol. The van der Waals surface area contributed by atoms with Gasteiger partial charge in [-0.2, -0.15) is 0 Å². The van der Waals surface area contributed by atoms with E-state index in [0.717, 1.165) is 11.8 Å². The fraction of sp³-hybridized carbons (Fsp3) is 0.0833. The number of fused-ring (bicyclic) bond motifs is 1. The zero-order valence-corrected chi connectivity index (χ0v) is 10.2. The molecule has 2 aromatic rings. The first kappa shape index (κ1) is 12.6. The van der Waals surface area contributed by atoms with E-state index in [1.165, 1.54) is 6.20 Å². The van der Waals surface area contributed by atoms with Gasteiger partial charge in [-0.3, -0.25) is 0 Å². The van der Waals surface area contributed by atoms with Gasteiger partial charge in [-0.15, -0.1) is 0 Å². The maximum absolute atomic E-state index is 10.6. The summed E-state index contributed by atoms with van der Waals surface area (Å²) in [6.45, 7) is 0.365. The zero-order chi connectivity index (χ0) is 14.1. The third-order valence-corrected chi connectivity index (χ3v) is 2.85. The van der Waals surface area contributed by atoms with Crippen molar-refractivity contribution in [3.05, 3.63) is 41.9 Å². The van der Waals surface area contributed by atoms with Gasteiger partial charge in [0, 0.05) is 0 Å². The average molecular weight is 272 g/mol. The Balaban J connectivity index is 1.81. The van der Waals surface area contributed by atoms with Gasteiger partial charge in [0.2, 0.25) is 5.88 Å². The summed E-state index contributed by atoms with van der Waals surface area (Å²) < 4.78 is 10.5. The monoisotopic (exact) mass is 272 g/mol. The van der Waals surface area contributed by atoms with E-state index >= 15 is 0 Å². The fourth-order valence-corrected chi connectivity index (χ4v) is 1.86. The number of carbonyl (C=O) groups is 1. The van der Waals surface area contributed by atoms with Crippen molar-refractivity contribution >= 4 is 18.6 Å². The van der Waals surface area contributed by atoms with Crippen LogP contribution in [0, 0.1) is 0 Å². The van der Waals surface area contributed by atoms with Gasteiger partial charge in [-0.25, -0.2) is 14.8 Å². The molecule has 0 spiro atoms. The summed E-state index contributed by atoms with van der Waals surface area (Å²) in [5, 5.41) is 18.3. The van der Waals surface area contributed by atoms with Crippen LogP contribution in [0.1, 0.15) is 16.1 Å². The number of aromatic carboxylic acids is 1. The largest absolute Gasteiger partial charge is 0.491 e. The molecule has 0 saturated heterocycles. The Hall–Kier alpha value is -2.45. The zero-order valence-electron chi connectivity index (χ0n) is 10.2. The third kappa shape index (κ3) is 2.34. The molecule has 2 N–H and O–H groups in total. The van der Waals surface area contributed by atoms with Crippen molar-refractivity contribution in [3.8, 4) is 11.6 Å². The van der Waals surface area contributed by atoms with Crippen LogP contribution in [0.5, 0.6) is 11.6 Å². The van der Waals surface area contributed by atoms with Gasteiger partial charge in [0.1, 0.15) is 5.75 Å². The molecular formula is C12H9BN2O5. The van der Waals surface area contributed by atoms with E-state index in [1.54, 1.807) is 18.2 Å². The van der Waals surface area contributed by atoms with Crippen LogP contribution in [-0.4, -0.2) is 33.2 Å². The average Bonchev–Trinajstić information content (AvgIpc) is 2.81. The number of nitrogens with zero attached hydrogens (tertiary/aromatic N) is 2. The lowest BCUT2D eigenvalue weighted by atomic mass is 9.79. The van der Waals surface area contributed by atoms with Crippen LogP contribution < -0.4 is 10.2 Å².